The van der Waals surface area contributed by atoms with Crippen molar-refractivity contribution in [1.82, 2.24) is 19.5 Å². The van der Waals surface area contributed by atoms with Crippen molar-refractivity contribution in [3.63, 3.8) is 0 Å². The van der Waals surface area contributed by atoms with Gasteiger partial charge in [-0.1, -0.05) is 32.1 Å². The van der Waals surface area contributed by atoms with E-state index in [1.165, 1.54) is 19.3 Å². The highest BCUT2D eigenvalue weighted by Crippen LogP contribution is 2.27. The molecule has 1 aliphatic carbocycles. The first kappa shape index (κ1) is 25.7. The van der Waals surface area contributed by atoms with Crippen LogP contribution in [0.3, 0.4) is 0 Å². The number of carbonyl (C=O) groups is 1. The van der Waals surface area contributed by atoms with Gasteiger partial charge in [0.25, 0.3) is 0 Å². The number of anilines is 3. The van der Waals surface area contributed by atoms with Crippen LogP contribution in [-0.2, 0) is 16.6 Å². The number of ether oxygens (including phenoxy) is 2. The average Bonchev–Trinajstić information content (AvgIpc) is 3.26. The number of imidazole rings is 1. The van der Waals surface area contributed by atoms with Gasteiger partial charge in [0.15, 0.2) is 17.0 Å². The topological polar surface area (TPSA) is 103 Å². The molecular weight excluding hydrogens is 456 g/mol. The van der Waals surface area contributed by atoms with Crippen LogP contribution in [0.2, 0.25) is 0 Å². The van der Waals surface area contributed by atoms with E-state index < -0.39 is 0 Å². The standard InChI is InChI=1S/C27H38N6O3/c1-3-35-23(34)13-9-4-5-10-18-36-22-16-14-21(15-17-22)30-27-31-25(29-20-11-7-6-8-12-20)24-26(32-27)33(2)19-28-24/h14-17,19-20H,3-13,18H2,1-2H3,(H2,29,30,31,32). The molecule has 36 heavy (non-hydrogen) atoms. The molecule has 0 unspecified atom stereocenters. The second-order valence-corrected chi connectivity index (χ2v) is 9.37. The Morgan fingerprint density at radius 1 is 1.06 bits per heavy atom. The van der Waals surface area contributed by atoms with E-state index in [0.717, 1.165) is 66.9 Å². The molecule has 1 aromatic carbocycles. The molecule has 0 atom stereocenters. The van der Waals surface area contributed by atoms with Crippen molar-refractivity contribution < 1.29 is 14.3 Å². The van der Waals surface area contributed by atoms with Crippen LogP contribution in [0.15, 0.2) is 30.6 Å². The van der Waals surface area contributed by atoms with Crippen molar-refractivity contribution in [3.8, 4) is 5.75 Å². The summed E-state index contributed by atoms with van der Waals surface area (Å²) in [6, 6.07) is 8.28. The fraction of sp³-hybridized carbons (Fsp3) is 0.556. The van der Waals surface area contributed by atoms with Crippen molar-refractivity contribution in [1.29, 1.82) is 0 Å². The predicted molar refractivity (Wildman–Crippen MR) is 142 cm³/mol. The first-order valence-corrected chi connectivity index (χ1v) is 13.2. The molecule has 4 rings (SSSR count). The van der Waals surface area contributed by atoms with Crippen LogP contribution in [0.1, 0.15) is 71.1 Å². The van der Waals surface area contributed by atoms with Crippen LogP contribution >= 0.6 is 0 Å². The first-order chi connectivity index (χ1) is 17.6. The molecule has 0 bridgehead atoms. The van der Waals surface area contributed by atoms with E-state index in [2.05, 4.69) is 15.6 Å². The summed E-state index contributed by atoms with van der Waals surface area (Å²) < 4.78 is 12.7. The van der Waals surface area contributed by atoms with Crippen LogP contribution in [0.5, 0.6) is 5.75 Å². The van der Waals surface area contributed by atoms with E-state index in [0.29, 0.717) is 31.6 Å². The maximum Gasteiger partial charge on any atom is 0.305 e. The van der Waals surface area contributed by atoms with Crippen molar-refractivity contribution in [2.45, 2.75) is 77.2 Å². The number of unbranched alkanes of at least 4 members (excludes halogenated alkanes) is 3. The molecule has 0 aliphatic heterocycles. The van der Waals surface area contributed by atoms with Crippen LogP contribution < -0.4 is 15.4 Å². The summed E-state index contributed by atoms with van der Waals surface area (Å²) in [6.07, 6.45) is 12.3. The van der Waals surface area contributed by atoms with Gasteiger partial charge in [-0.25, -0.2) is 4.98 Å². The highest BCUT2D eigenvalue weighted by Gasteiger charge is 2.18. The quantitative estimate of drug-likeness (QED) is 0.229. The molecule has 1 saturated carbocycles. The number of hydrogen-bond donors (Lipinski definition) is 2. The molecule has 1 fully saturated rings. The summed E-state index contributed by atoms with van der Waals surface area (Å²) in [5.41, 5.74) is 2.50. The smallest absolute Gasteiger partial charge is 0.305 e. The highest BCUT2D eigenvalue weighted by atomic mass is 16.5. The van der Waals surface area contributed by atoms with Crippen molar-refractivity contribution in [3.05, 3.63) is 30.6 Å². The minimum absolute atomic E-state index is 0.107. The normalized spacial score (nSPS) is 14.1. The monoisotopic (exact) mass is 494 g/mol. The summed E-state index contributed by atoms with van der Waals surface area (Å²) in [6.45, 7) is 2.94. The number of aryl methyl sites for hydroxylation is 1. The van der Waals surface area contributed by atoms with Gasteiger partial charge < -0.3 is 24.7 Å². The van der Waals surface area contributed by atoms with Gasteiger partial charge in [-0.3, -0.25) is 4.79 Å². The zero-order valence-electron chi connectivity index (χ0n) is 21.5. The molecule has 2 heterocycles. The van der Waals surface area contributed by atoms with E-state index in [1.807, 2.05) is 42.8 Å². The van der Waals surface area contributed by atoms with Crippen LogP contribution in [0.4, 0.5) is 17.5 Å². The molecular formula is C27H38N6O3. The van der Waals surface area contributed by atoms with Gasteiger partial charge >= 0.3 is 5.97 Å². The number of fused-ring (bicyclic) bond motifs is 1. The number of aromatic nitrogens is 4. The van der Waals surface area contributed by atoms with E-state index in [1.54, 1.807) is 6.33 Å². The van der Waals surface area contributed by atoms with Gasteiger partial charge in [0, 0.05) is 25.2 Å². The van der Waals surface area contributed by atoms with Gasteiger partial charge in [-0.15, -0.1) is 0 Å². The summed E-state index contributed by atoms with van der Waals surface area (Å²) in [7, 11) is 1.95. The Kier molecular flexibility index (Phi) is 9.35. The van der Waals surface area contributed by atoms with Gasteiger partial charge in [0.2, 0.25) is 5.95 Å². The fourth-order valence-corrected chi connectivity index (χ4v) is 4.52. The third-order valence-electron chi connectivity index (χ3n) is 6.47. The fourth-order valence-electron chi connectivity index (χ4n) is 4.52. The Morgan fingerprint density at radius 3 is 2.61 bits per heavy atom. The van der Waals surface area contributed by atoms with Gasteiger partial charge in [0.1, 0.15) is 5.75 Å². The number of carbonyl (C=O) groups excluding carboxylic acids is 1. The average molecular weight is 495 g/mol. The number of esters is 1. The SMILES string of the molecule is CCOC(=O)CCCCCCOc1ccc(Nc2nc(NC3CCCCC3)c3ncn(C)c3n2)cc1. The summed E-state index contributed by atoms with van der Waals surface area (Å²) in [5, 5.41) is 6.94. The van der Waals surface area contributed by atoms with Gasteiger partial charge in [-0.2, -0.15) is 9.97 Å². The third kappa shape index (κ3) is 7.32. The molecule has 0 saturated heterocycles. The van der Waals surface area contributed by atoms with Crippen LogP contribution in [0, 0.1) is 0 Å². The Bertz CT molecular complexity index is 1110. The van der Waals surface area contributed by atoms with E-state index in [4.69, 9.17) is 19.4 Å². The molecule has 0 radical (unpaired) electrons. The van der Waals surface area contributed by atoms with Gasteiger partial charge in [-0.05, 0) is 56.9 Å². The number of benzene rings is 1. The summed E-state index contributed by atoms with van der Waals surface area (Å²) in [4.78, 5) is 25.3. The van der Waals surface area contributed by atoms with Crippen molar-refractivity contribution in [2.24, 2.45) is 7.05 Å². The molecule has 9 nitrogen and oxygen atoms in total. The first-order valence-electron chi connectivity index (χ1n) is 13.2. The number of nitrogens with one attached hydrogen (secondary N) is 2. The molecule has 194 valence electrons. The Hall–Kier alpha value is -3.36. The molecule has 1 aliphatic rings. The largest absolute Gasteiger partial charge is 0.494 e. The lowest BCUT2D eigenvalue weighted by Gasteiger charge is -2.23. The summed E-state index contributed by atoms with van der Waals surface area (Å²) >= 11 is 0. The Labute approximate surface area is 213 Å². The van der Waals surface area contributed by atoms with Gasteiger partial charge in [0.05, 0.1) is 19.5 Å². The minimum atomic E-state index is -0.107. The maximum atomic E-state index is 11.4. The molecule has 2 N–H and O–H groups in total. The second-order valence-electron chi connectivity index (χ2n) is 9.37. The van der Waals surface area contributed by atoms with Crippen LogP contribution in [0.25, 0.3) is 11.2 Å². The predicted octanol–water partition coefficient (Wildman–Crippen LogP) is 5.74. The Morgan fingerprint density at radius 2 is 1.83 bits per heavy atom. The molecule has 0 spiro atoms. The van der Waals surface area contributed by atoms with E-state index in [-0.39, 0.29) is 5.97 Å². The van der Waals surface area contributed by atoms with Crippen LogP contribution in [-0.4, -0.2) is 44.7 Å². The number of nitrogens with zero attached hydrogens (tertiary/aromatic N) is 4. The van der Waals surface area contributed by atoms with Crippen molar-refractivity contribution in [2.75, 3.05) is 23.8 Å². The zero-order valence-corrected chi connectivity index (χ0v) is 21.5. The highest BCUT2D eigenvalue weighted by molar-refractivity contribution is 5.84. The number of hydrogen-bond acceptors (Lipinski definition) is 8. The third-order valence-corrected chi connectivity index (χ3v) is 6.47. The van der Waals surface area contributed by atoms with Crippen molar-refractivity contribution >= 4 is 34.6 Å². The van der Waals surface area contributed by atoms with E-state index in [9.17, 15) is 4.79 Å². The molecule has 3 aromatic rings. The second kappa shape index (κ2) is 13.1. The lowest BCUT2D eigenvalue weighted by molar-refractivity contribution is -0.143. The summed E-state index contributed by atoms with van der Waals surface area (Å²) in [5.74, 6) is 2.05. The minimum Gasteiger partial charge on any atom is -0.494 e. The molecule has 2 aromatic heterocycles. The molecule has 9 heteroatoms. The maximum absolute atomic E-state index is 11.4. The number of rotatable bonds is 13. The lowest BCUT2D eigenvalue weighted by atomic mass is 9.95. The molecule has 0 amide bonds. The Balaban J connectivity index is 1.28. The van der Waals surface area contributed by atoms with E-state index >= 15 is 0 Å². The lowest BCUT2D eigenvalue weighted by Crippen LogP contribution is -2.23. The zero-order chi connectivity index (χ0) is 25.2.